The van der Waals surface area contributed by atoms with Crippen molar-refractivity contribution < 1.29 is 28.7 Å². The van der Waals surface area contributed by atoms with Gasteiger partial charge in [0.15, 0.2) is 0 Å². The molecule has 0 N–H and O–H groups in total. The van der Waals surface area contributed by atoms with Crippen LogP contribution >= 0.6 is 0 Å². The third kappa shape index (κ3) is 4.96. The van der Waals surface area contributed by atoms with Gasteiger partial charge in [0.05, 0.1) is 14.2 Å². The van der Waals surface area contributed by atoms with Crippen LogP contribution in [-0.4, -0.2) is 72.9 Å². The van der Waals surface area contributed by atoms with Crippen molar-refractivity contribution in [3.8, 4) is 0 Å². The zero-order valence-electron chi connectivity index (χ0n) is 18.1. The van der Waals surface area contributed by atoms with E-state index < -0.39 is 12.1 Å². The number of carbonyl (C=O) groups is 4. The molecule has 0 bridgehead atoms. The maximum Gasteiger partial charge on any atom is 0.328 e. The normalized spacial score (nSPS) is 18.8. The Morgan fingerprint density at radius 3 is 1.25 bits per heavy atom. The van der Waals surface area contributed by atoms with E-state index in [1.807, 2.05) is 12.1 Å². The fourth-order valence-electron chi connectivity index (χ4n) is 3.52. The average molecular weight is 438 g/mol. The zero-order chi connectivity index (χ0) is 23.1. The van der Waals surface area contributed by atoms with Crippen molar-refractivity contribution >= 4 is 23.8 Å². The first-order valence-electron chi connectivity index (χ1n) is 10.4. The van der Waals surface area contributed by atoms with E-state index in [0.717, 1.165) is 0 Å². The molecule has 0 aromatic heterocycles. The van der Waals surface area contributed by atoms with E-state index in [1.54, 1.807) is 58.3 Å². The van der Waals surface area contributed by atoms with E-state index in [4.69, 9.17) is 0 Å². The molecule has 2 saturated heterocycles. The van der Waals surface area contributed by atoms with Crippen molar-refractivity contribution in [3.05, 3.63) is 71.8 Å². The lowest BCUT2D eigenvalue weighted by atomic mass is 10.0. The molecular formula is C24H26N2O6. The maximum absolute atomic E-state index is 12.0. The number of ether oxygens (including phenoxy) is 2. The molecular weight excluding hydrogens is 412 g/mol. The van der Waals surface area contributed by atoms with Crippen LogP contribution in [0.25, 0.3) is 0 Å². The van der Waals surface area contributed by atoms with Crippen LogP contribution in [0, 0.1) is 0 Å². The van der Waals surface area contributed by atoms with Gasteiger partial charge in [-0.1, -0.05) is 36.4 Å². The molecule has 2 fully saturated rings. The summed E-state index contributed by atoms with van der Waals surface area (Å²) in [4.78, 5) is 49.7. The molecule has 2 atom stereocenters. The van der Waals surface area contributed by atoms with Gasteiger partial charge in [-0.05, 0) is 37.1 Å². The molecule has 32 heavy (non-hydrogen) atoms. The van der Waals surface area contributed by atoms with Crippen molar-refractivity contribution in [1.82, 2.24) is 9.80 Å². The lowest BCUT2D eigenvalue weighted by Crippen LogP contribution is -2.55. The molecule has 4 rings (SSSR count). The Labute approximate surface area is 186 Å². The third-order valence-electron chi connectivity index (χ3n) is 5.55. The minimum atomic E-state index is -0.405. The molecule has 0 radical (unpaired) electrons. The van der Waals surface area contributed by atoms with E-state index in [-0.39, 0.29) is 23.8 Å². The summed E-state index contributed by atoms with van der Waals surface area (Å²) in [6, 6.07) is 17.1. The Balaban J connectivity index is 0.000000181. The third-order valence-corrected chi connectivity index (χ3v) is 5.55. The molecule has 2 amide bonds. The number of nitrogens with zero attached hydrogens (tertiary/aromatic N) is 2. The van der Waals surface area contributed by atoms with Gasteiger partial charge >= 0.3 is 11.9 Å². The van der Waals surface area contributed by atoms with Crippen molar-refractivity contribution in [3.63, 3.8) is 0 Å². The minimum Gasteiger partial charge on any atom is -0.467 e. The SMILES string of the molecule is COC(=O)C1CCN1C(=O)c1ccccc1.COC(=O)[C@@H]1CCN1C(=O)c1ccccc1. The molecule has 1 unspecified atom stereocenters. The van der Waals surface area contributed by atoms with Crippen LogP contribution in [0.4, 0.5) is 0 Å². The molecule has 2 aliphatic rings. The van der Waals surface area contributed by atoms with Gasteiger partial charge < -0.3 is 19.3 Å². The molecule has 2 heterocycles. The van der Waals surface area contributed by atoms with Crippen LogP contribution in [0.5, 0.6) is 0 Å². The second-order valence-electron chi connectivity index (χ2n) is 7.38. The standard InChI is InChI=1S/2C12H13NO3/c2*1-16-12(15)10-7-8-13(10)11(14)9-5-3-2-4-6-9/h2*2-6,10H,7-8H2,1H3/t10-;/m0./s1. The van der Waals surface area contributed by atoms with Gasteiger partial charge in [0.25, 0.3) is 11.8 Å². The van der Waals surface area contributed by atoms with Crippen molar-refractivity contribution in [2.75, 3.05) is 27.3 Å². The number of esters is 2. The van der Waals surface area contributed by atoms with Gasteiger partial charge in [-0.15, -0.1) is 0 Å². The number of rotatable bonds is 4. The summed E-state index contributed by atoms with van der Waals surface area (Å²) < 4.78 is 9.28. The summed E-state index contributed by atoms with van der Waals surface area (Å²) in [6.45, 7) is 1.24. The molecule has 168 valence electrons. The summed E-state index contributed by atoms with van der Waals surface area (Å²) in [7, 11) is 2.68. The highest BCUT2D eigenvalue weighted by Crippen LogP contribution is 2.22. The monoisotopic (exact) mass is 438 g/mol. The number of hydrogen-bond donors (Lipinski definition) is 0. The fourth-order valence-corrected chi connectivity index (χ4v) is 3.52. The highest BCUT2D eigenvalue weighted by molar-refractivity contribution is 5.98. The minimum absolute atomic E-state index is 0.109. The van der Waals surface area contributed by atoms with Gasteiger partial charge in [-0.2, -0.15) is 0 Å². The number of carbonyl (C=O) groups excluding carboxylic acids is 4. The van der Waals surface area contributed by atoms with Crippen LogP contribution in [0.15, 0.2) is 60.7 Å². The lowest BCUT2D eigenvalue weighted by molar-refractivity contribution is -0.150. The molecule has 8 nitrogen and oxygen atoms in total. The smallest absolute Gasteiger partial charge is 0.328 e. The van der Waals surface area contributed by atoms with Crippen molar-refractivity contribution in [1.29, 1.82) is 0 Å². The Kier molecular flexibility index (Phi) is 7.59. The van der Waals surface area contributed by atoms with Gasteiger partial charge in [0.2, 0.25) is 0 Å². The van der Waals surface area contributed by atoms with Crippen LogP contribution in [-0.2, 0) is 19.1 Å². The summed E-state index contributed by atoms with van der Waals surface area (Å²) >= 11 is 0. The number of likely N-dealkylation sites (tertiary alicyclic amines) is 2. The number of benzene rings is 2. The molecule has 2 aliphatic heterocycles. The first-order valence-corrected chi connectivity index (χ1v) is 10.4. The Morgan fingerprint density at radius 2 is 1.00 bits per heavy atom. The predicted molar refractivity (Wildman–Crippen MR) is 116 cm³/mol. The Morgan fingerprint density at radius 1 is 0.656 bits per heavy atom. The van der Waals surface area contributed by atoms with E-state index in [2.05, 4.69) is 9.47 Å². The second kappa shape index (κ2) is 10.6. The first kappa shape index (κ1) is 23.0. The van der Waals surface area contributed by atoms with Crippen LogP contribution < -0.4 is 0 Å². The highest BCUT2D eigenvalue weighted by atomic mass is 16.5. The quantitative estimate of drug-likeness (QED) is 0.679. The maximum atomic E-state index is 12.0. The summed E-state index contributed by atoms with van der Waals surface area (Å²) in [5.74, 6) is -0.893. The summed E-state index contributed by atoms with van der Waals surface area (Å²) in [6.07, 6.45) is 1.37. The largest absolute Gasteiger partial charge is 0.467 e. The van der Waals surface area contributed by atoms with Crippen LogP contribution in [0.3, 0.4) is 0 Å². The molecule has 2 aromatic rings. The lowest BCUT2D eigenvalue weighted by Gasteiger charge is -2.38. The first-order chi connectivity index (χ1) is 15.5. The van der Waals surface area contributed by atoms with Crippen LogP contribution in [0.1, 0.15) is 33.6 Å². The summed E-state index contributed by atoms with van der Waals surface area (Å²) in [5, 5.41) is 0. The average Bonchev–Trinajstić information content (AvgIpc) is 2.79. The van der Waals surface area contributed by atoms with Gasteiger partial charge in [-0.3, -0.25) is 9.59 Å². The molecule has 0 aliphatic carbocycles. The van der Waals surface area contributed by atoms with Gasteiger partial charge in [0.1, 0.15) is 12.1 Å². The Hall–Kier alpha value is -3.68. The topological polar surface area (TPSA) is 93.2 Å². The van der Waals surface area contributed by atoms with E-state index in [9.17, 15) is 19.2 Å². The van der Waals surface area contributed by atoms with Crippen molar-refractivity contribution in [2.45, 2.75) is 24.9 Å². The van der Waals surface area contributed by atoms with Gasteiger partial charge in [0, 0.05) is 24.2 Å². The van der Waals surface area contributed by atoms with E-state index in [1.165, 1.54) is 14.2 Å². The number of methoxy groups -OCH3 is 2. The molecule has 8 heteroatoms. The fraction of sp³-hybridized carbons (Fsp3) is 0.333. The van der Waals surface area contributed by atoms with Crippen LogP contribution in [0.2, 0.25) is 0 Å². The Bertz CT molecular complexity index is 883. The number of hydrogen-bond acceptors (Lipinski definition) is 6. The van der Waals surface area contributed by atoms with Gasteiger partial charge in [-0.25, -0.2) is 9.59 Å². The number of amides is 2. The molecule has 0 spiro atoms. The zero-order valence-corrected chi connectivity index (χ0v) is 18.1. The van der Waals surface area contributed by atoms with Crippen molar-refractivity contribution in [2.24, 2.45) is 0 Å². The predicted octanol–water partition coefficient (Wildman–Crippen LogP) is 2.15. The molecule has 2 aromatic carbocycles. The van der Waals surface area contributed by atoms with E-state index in [0.29, 0.717) is 37.1 Å². The second-order valence-corrected chi connectivity index (χ2v) is 7.38. The highest BCUT2D eigenvalue weighted by Gasteiger charge is 2.39. The summed E-state index contributed by atoms with van der Waals surface area (Å²) in [5.41, 5.74) is 1.22. The van der Waals surface area contributed by atoms with E-state index >= 15 is 0 Å². The molecule has 0 saturated carbocycles.